The van der Waals surface area contributed by atoms with E-state index in [-0.39, 0.29) is 53.7 Å². The summed E-state index contributed by atoms with van der Waals surface area (Å²) >= 11 is 0. The maximum absolute atomic E-state index is 15.3. The minimum absolute atomic E-state index is 0.00124. The minimum atomic E-state index is -0.557. The molecule has 4 aromatic rings. The number of likely N-dealkylation sites (tertiary alicyclic amines) is 1. The Morgan fingerprint density at radius 2 is 1.47 bits per heavy atom. The van der Waals surface area contributed by atoms with E-state index in [1.165, 1.54) is 6.07 Å². The molecule has 0 radical (unpaired) electrons. The van der Waals surface area contributed by atoms with Crippen LogP contribution in [0.15, 0.2) is 35.0 Å². The van der Waals surface area contributed by atoms with Gasteiger partial charge >= 0.3 is 0 Å². The molecule has 20 nitrogen and oxygen atoms in total. The molecule has 21 heteroatoms. The Morgan fingerprint density at radius 3 is 2.10 bits per heavy atom. The molecule has 0 spiro atoms. The van der Waals surface area contributed by atoms with Gasteiger partial charge in [-0.1, -0.05) is 0 Å². The van der Waals surface area contributed by atoms with Crippen molar-refractivity contribution in [2.75, 3.05) is 92.8 Å². The van der Waals surface area contributed by atoms with Crippen LogP contribution in [0.25, 0.3) is 11.5 Å². The predicted octanol–water partition coefficient (Wildman–Crippen LogP) is 4.71. The number of carbonyl (C=O) groups is 4. The number of piperidine rings is 2. The van der Waals surface area contributed by atoms with Gasteiger partial charge in [0.05, 0.1) is 23.3 Å². The molecule has 4 aliphatic heterocycles. The zero-order valence-electron chi connectivity index (χ0n) is 42.0. The van der Waals surface area contributed by atoms with Gasteiger partial charge in [0, 0.05) is 128 Å². The van der Waals surface area contributed by atoms with Crippen molar-refractivity contribution in [3.05, 3.63) is 48.0 Å². The number of carbonyl (C=O) groups excluding carboxylic acids is 4. The SMILES string of the molecule is Cc1nnc(-c2c(C)nc(Nc3cnn(C)c3)nc2NC2CCC(N3CCN(C(=O)C4CCC(C(=O)N5CCC(CN6CCN(c7ccc(NC8CCC(=O)NC8=O)cc7F)CC6)CC5)CC4)CC3)CC2)o1. The van der Waals surface area contributed by atoms with Crippen LogP contribution in [-0.2, 0) is 26.2 Å². The maximum atomic E-state index is 15.3. The molecular formula is C51H70FN15O5. The van der Waals surface area contributed by atoms with Gasteiger partial charge in [-0.3, -0.25) is 39.0 Å². The van der Waals surface area contributed by atoms with E-state index in [1.807, 2.05) is 20.2 Å². The van der Waals surface area contributed by atoms with Gasteiger partial charge in [-0.15, -0.1) is 10.2 Å². The van der Waals surface area contributed by atoms with Crippen molar-refractivity contribution in [1.29, 1.82) is 0 Å². The van der Waals surface area contributed by atoms with Crippen LogP contribution < -0.4 is 26.2 Å². The van der Waals surface area contributed by atoms with Crippen molar-refractivity contribution in [3.63, 3.8) is 0 Å². The van der Waals surface area contributed by atoms with Gasteiger partial charge in [0.15, 0.2) is 0 Å². The summed E-state index contributed by atoms with van der Waals surface area (Å²) in [5.74, 6) is 2.06. The summed E-state index contributed by atoms with van der Waals surface area (Å²) < 4.78 is 22.8. The zero-order valence-corrected chi connectivity index (χ0v) is 42.0. The Balaban J connectivity index is 0.616. The second kappa shape index (κ2) is 21.9. The second-order valence-electron chi connectivity index (χ2n) is 20.9. The topological polar surface area (TPSA) is 215 Å². The average molecular weight is 992 g/mol. The van der Waals surface area contributed by atoms with Crippen LogP contribution in [0, 0.1) is 37.4 Å². The molecule has 4 saturated heterocycles. The maximum Gasteiger partial charge on any atom is 0.253 e. The normalized spacial score (nSPS) is 25.1. The first-order chi connectivity index (χ1) is 34.9. The van der Waals surface area contributed by atoms with Gasteiger partial charge in [0.2, 0.25) is 35.5 Å². The minimum Gasteiger partial charge on any atom is -0.421 e. The van der Waals surface area contributed by atoms with Crippen LogP contribution in [0.2, 0.25) is 0 Å². The first kappa shape index (κ1) is 49.4. The number of piperazine rings is 2. The number of imide groups is 1. The molecule has 72 heavy (non-hydrogen) atoms. The standard InChI is InChI=1S/C51H70FN15O5/c1-32-45(48-61-60-33(2)72-48)46(59-51(54-32)57-39-29-53-62(3)31-39)56-37-8-11-40(12-9-37)64-24-26-67(27-25-64)50(71)36-6-4-35(5-7-36)49(70)66-18-16-34(17-19-66)30-63-20-22-65(23-21-63)43-14-10-38(28-41(43)52)55-42-13-15-44(68)58-47(42)69/h10,14,28-29,31,34-37,40,42,55H,4-9,11-13,15-27,30H2,1-3H3,(H,58,68,69)(H2,54,56,57,59). The molecule has 3 aromatic heterocycles. The number of aryl methyl sites for hydroxylation is 3. The fourth-order valence-electron chi connectivity index (χ4n) is 11.9. The van der Waals surface area contributed by atoms with E-state index in [9.17, 15) is 19.2 Å². The summed E-state index contributed by atoms with van der Waals surface area (Å²) in [6.07, 6.45) is 13.4. The zero-order chi connectivity index (χ0) is 49.9. The van der Waals surface area contributed by atoms with E-state index in [4.69, 9.17) is 14.4 Å². The van der Waals surface area contributed by atoms with E-state index in [2.05, 4.69) is 61.1 Å². The fraction of sp³-hybridized carbons (Fsp3) is 0.627. The highest BCUT2D eigenvalue weighted by Gasteiger charge is 2.38. The van der Waals surface area contributed by atoms with E-state index in [1.54, 1.807) is 29.9 Å². The summed E-state index contributed by atoms with van der Waals surface area (Å²) in [6.45, 7) is 12.6. The highest BCUT2D eigenvalue weighted by Crippen LogP contribution is 2.36. The van der Waals surface area contributed by atoms with Gasteiger partial charge in [0.25, 0.3) is 5.89 Å². The van der Waals surface area contributed by atoms with Crippen molar-refractivity contribution >= 4 is 52.5 Å². The molecule has 386 valence electrons. The highest BCUT2D eigenvalue weighted by atomic mass is 19.1. The quantitative estimate of drug-likeness (QED) is 0.134. The summed E-state index contributed by atoms with van der Waals surface area (Å²) in [4.78, 5) is 72.1. The van der Waals surface area contributed by atoms with Crippen molar-refractivity contribution in [1.82, 2.24) is 54.9 Å². The number of rotatable bonds is 13. The van der Waals surface area contributed by atoms with Crippen LogP contribution in [-0.4, -0.2) is 163 Å². The summed E-state index contributed by atoms with van der Waals surface area (Å²) in [5.41, 5.74) is 3.31. The van der Waals surface area contributed by atoms with Crippen molar-refractivity contribution in [3.8, 4) is 11.5 Å². The van der Waals surface area contributed by atoms with E-state index in [0.29, 0.717) is 58.9 Å². The van der Waals surface area contributed by atoms with Gasteiger partial charge in [-0.25, -0.2) is 9.37 Å². The number of nitrogens with zero attached hydrogens (tertiary/aromatic N) is 11. The number of amides is 4. The molecule has 0 bridgehead atoms. The molecule has 1 unspecified atom stereocenters. The lowest BCUT2D eigenvalue weighted by atomic mass is 9.80. The summed E-state index contributed by atoms with van der Waals surface area (Å²) in [7, 11) is 1.86. The lowest BCUT2D eigenvalue weighted by molar-refractivity contribution is -0.143. The first-order valence-corrected chi connectivity index (χ1v) is 26.3. The Bertz CT molecular complexity index is 2570. The molecule has 2 saturated carbocycles. The van der Waals surface area contributed by atoms with E-state index < -0.39 is 6.04 Å². The Hall–Kier alpha value is -6.22. The number of aromatic nitrogens is 6. The highest BCUT2D eigenvalue weighted by molar-refractivity contribution is 6.01. The molecule has 10 rings (SSSR count). The van der Waals surface area contributed by atoms with Crippen LogP contribution in [0.4, 0.5) is 33.2 Å². The Morgan fingerprint density at radius 1 is 0.778 bits per heavy atom. The largest absolute Gasteiger partial charge is 0.421 e. The smallest absolute Gasteiger partial charge is 0.253 e. The molecule has 4 N–H and O–H groups in total. The Labute approximate surface area is 420 Å². The first-order valence-electron chi connectivity index (χ1n) is 26.3. The molecule has 7 heterocycles. The average Bonchev–Trinajstić information content (AvgIpc) is 4.01. The predicted molar refractivity (Wildman–Crippen MR) is 269 cm³/mol. The molecule has 4 amide bonds. The van der Waals surface area contributed by atoms with Crippen LogP contribution >= 0.6 is 0 Å². The van der Waals surface area contributed by atoms with Gasteiger partial charge in [0.1, 0.15) is 23.2 Å². The Kier molecular flexibility index (Phi) is 15.0. The fourth-order valence-corrected chi connectivity index (χ4v) is 11.9. The molecular weight excluding hydrogens is 922 g/mol. The number of halogens is 1. The second-order valence-corrected chi connectivity index (χ2v) is 20.9. The molecule has 6 fully saturated rings. The number of anilines is 5. The van der Waals surface area contributed by atoms with Gasteiger partial charge in [-0.05, 0) is 102 Å². The van der Waals surface area contributed by atoms with Crippen LogP contribution in [0.3, 0.4) is 0 Å². The molecule has 6 aliphatic rings. The van der Waals surface area contributed by atoms with Crippen molar-refractivity contribution in [2.45, 2.75) is 109 Å². The number of nitrogens with one attached hydrogen (secondary N) is 4. The number of benzene rings is 1. The summed E-state index contributed by atoms with van der Waals surface area (Å²) in [6, 6.07) is 5.12. The van der Waals surface area contributed by atoms with Crippen molar-refractivity contribution in [2.24, 2.45) is 24.8 Å². The third-order valence-corrected chi connectivity index (χ3v) is 16.1. The van der Waals surface area contributed by atoms with Gasteiger partial charge < -0.3 is 35.1 Å². The summed E-state index contributed by atoms with van der Waals surface area (Å²) in [5, 5.41) is 25.0. The van der Waals surface area contributed by atoms with Crippen LogP contribution in [0.1, 0.15) is 88.6 Å². The van der Waals surface area contributed by atoms with E-state index >= 15 is 4.39 Å². The third kappa shape index (κ3) is 11.5. The molecule has 1 aromatic carbocycles. The number of hydrogen-bond acceptors (Lipinski definition) is 16. The number of hydrogen-bond donors (Lipinski definition) is 4. The molecule has 1 atom stereocenters. The van der Waals surface area contributed by atoms with Gasteiger partial charge in [-0.2, -0.15) is 10.1 Å². The lowest BCUT2D eigenvalue weighted by Crippen LogP contribution is -2.54. The van der Waals surface area contributed by atoms with E-state index in [0.717, 1.165) is 148 Å². The third-order valence-electron chi connectivity index (χ3n) is 16.1. The monoisotopic (exact) mass is 992 g/mol. The lowest BCUT2D eigenvalue weighted by Gasteiger charge is -2.43. The van der Waals surface area contributed by atoms with Crippen molar-refractivity contribution < 1.29 is 28.0 Å². The molecule has 2 aliphatic carbocycles. The van der Waals surface area contributed by atoms with Crippen LogP contribution in [0.5, 0.6) is 0 Å².